The van der Waals surface area contributed by atoms with Crippen LogP contribution in [0.3, 0.4) is 0 Å². The summed E-state index contributed by atoms with van der Waals surface area (Å²) in [5.41, 5.74) is 0. The molecule has 2 aliphatic heterocycles. The Labute approximate surface area is 94.0 Å². The molecule has 2 saturated heterocycles. The van der Waals surface area contributed by atoms with Crippen LogP contribution in [0.4, 0.5) is 8.78 Å². The Balaban J connectivity index is 1.58. The number of alkyl halides is 2. The van der Waals surface area contributed by atoms with Gasteiger partial charge in [0.25, 0.3) is 0 Å². The molecular weight excluding hydrogens is 212 g/mol. The standard InChI is InChI=1S/C12H17F2NO/c13-12(14)5-8(6-12)7-15-9-1-2-10(15)4-11(16)3-9/h8-10H,1-7H2. The Morgan fingerprint density at radius 2 is 1.75 bits per heavy atom. The van der Waals surface area contributed by atoms with Crippen molar-refractivity contribution in [3.8, 4) is 0 Å². The summed E-state index contributed by atoms with van der Waals surface area (Å²) in [5, 5.41) is 0. The summed E-state index contributed by atoms with van der Waals surface area (Å²) in [6.07, 6.45) is 3.58. The van der Waals surface area contributed by atoms with E-state index in [1.807, 2.05) is 0 Å². The van der Waals surface area contributed by atoms with Crippen molar-refractivity contribution in [2.45, 2.75) is 56.5 Å². The second kappa shape index (κ2) is 3.49. The van der Waals surface area contributed by atoms with E-state index < -0.39 is 5.92 Å². The number of hydrogen-bond acceptors (Lipinski definition) is 2. The van der Waals surface area contributed by atoms with Crippen LogP contribution in [0.25, 0.3) is 0 Å². The average Bonchev–Trinajstić information content (AvgIpc) is 2.40. The van der Waals surface area contributed by atoms with E-state index in [1.165, 1.54) is 0 Å². The van der Waals surface area contributed by atoms with E-state index in [1.54, 1.807) is 0 Å². The first kappa shape index (κ1) is 10.6. The Bertz CT molecular complexity index is 294. The van der Waals surface area contributed by atoms with E-state index in [-0.39, 0.29) is 18.8 Å². The van der Waals surface area contributed by atoms with Crippen molar-refractivity contribution in [3.63, 3.8) is 0 Å². The molecule has 0 aromatic carbocycles. The molecule has 0 aromatic heterocycles. The third kappa shape index (κ3) is 1.77. The number of hydrogen-bond donors (Lipinski definition) is 0. The molecule has 2 unspecified atom stereocenters. The fourth-order valence-corrected chi connectivity index (χ4v) is 3.57. The van der Waals surface area contributed by atoms with Crippen molar-refractivity contribution in [3.05, 3.63) is 0 Å². The number of halogens is 2. The van der Waals surface area contributed by atoms with Gasteiger partial charge in [0.05, 0.1) is 0 Å². The molecule has 2 bridgehead atoms. The summed E-state index contributed by atoms with van der Waals surface area (Å²) in [6, 6.07) is 0.723. The van der Waals surface area contributed by atoms with Crippen LogP contribution in [0.2, 0.25) is 0 Å². The fraction of sp³-hybridized carbons (Fsp3) is 0.917. The SMILES string of the molecule is O=C1CC2CCC(C1)N2CC1CC(F)(F)C1. The monoisotopic (exact) mass is 229 g/mol. The van der Waals surface area contributed by atoms with Crippen LogP contribution >= 0.6 is 0 Å². The normalized spacial score (nSPS) is 38.8. The third-order valence-corrected chi connectivity index (χ3v) is 4.34. The predicted octanol–water partition coefficient (Wildman–Crippen LogP) is 2.23. The number of Topliss-reactive ketones (excluding diaryl/α,β-unsaturated/α-hetero) is 1. The quantitative estimate of drug-likeness (QED) is 0.723. The van der Waals surface area contributed by atoms with Gasteiger partial charge in [0.15, 0.2) is 0 Å². The Morgan fingerprint density at radius 1 is 1.19 bits per heavy atom. The molecule has 1 saturated carbocycles. The molecule has 3 aliphatic rings. The molecular formula is C12H17F2NO. The molecule has 0 N–H and O–H groups in total. The second-order valence-electron chi connectivity index (χ2n) is 5.66. The molecule has 1 aliphatic carbocycles. The van der Waals surface area contributed by atoms with Gasteiger partial charge in [0.2, 0.25) is 5.92 Å². The van der Waals surface area contributed by atoms with Crippen molar-refractivity contribution >= 4 is 5.78 Å². The lowest BCUT2D eigenvalue weighted by molar-refractivity contribution is -0.130. The molecule has 2 nitrogen and oxygen atoms in total. The van der Waals surface area contributed by atoms with Gasteiger partial charge in [-0.3, -0.25) is 9.69 Å². The maximum atomic E-state index is 12.7. The molecule has 2 heterocycles. The summed E-state index contributed by atoms with van der Waals surface area (Å²) >= 11 is 0. The van der Waals surface area contributed by atoms with Crippen LogP contribution in [0.1, 0.15) is 38.5 Å². The van der Waals surface area contributed by atoms with Gasteiger partial charge < -0.3 is 0 Å². The van der Waals surface area contributed by atoms with Gasteiger partial charge in [-0.15, -0.1) is 0 Å². The number of carbonyl (C=O) groups is 1. The zero-order valence-electron chi connectivity index (χ0n) is 9.29. The van der Waals surface area contributed by atoms with Crippen LogP contribution in [0, 0.1) is 5.92 Å². The minimum Gasteiger partial charge on any atom is -0.300 e. The Morgan fingerprint density at radius 3 is 2.25 bits per heavy atom. The molecule has 0 amide bonds. The van der Waals surface area contributed by atoms with Gasteiger partial charge in [-0.2, -0.15) is 0 Å². The number of ketones is 1. The first-order valence-electron chi connectivity index (χ1n) is 6.19. The lowest BCUT2D eigenvalue weighted by Crippen LogP contribution is -2.49. The number of piperidine rings is 1. The van der Waals surface area contributed by atoms with E-state index in [4.69, 9.17) is 0 Å². The van der Waals surface area contributed by atoms with Crippen molar-refractivity contribution in [1.82, 2.24) is 4.90 Å². The number of fused-ring (bicyclic) bond motifs is 2. The summed E-state index contributed by atoms with van der Waals surface area (Å²) in [5.74, 6) is -1.89. The summed E-state index contributed by atoms with van der Waals surface area (Å²) in [7, 11) is 0. The summed E-state index contributed by atoms with van der Waals surface area (Å²) in [4.78, 5) is 13.7. The van der Waals surface area contributed by atoms with E-state index in [2.05, 4.69) is 4.90 Å². The molecule has 16 heavy (non-hydrogen) atoms. The molecule has 3 rings (SSSR count). The second-order valence-corrected chi connectivity index (χ2v) is 5.66. The fourth-order valence-electron chi connectivity index (χ4n) is 3.57. The predicted molar refractivity (Wildman–Crippen MR) is 55.4 cm³/mol. The highest BCUT2D eigenvalue weighted by atomic mass is 19.3. The van der Waals surface area contributed by atoms with Crippen molar-refractivity contribution in [2.24, 2.45) is 5.92 Å². The van der Waals surface area contributed by atoms with Crippen LogP contribution in [0.15, 0.2) is 0 Å². The maximum Gasteiger partial charge on any atom is 0.248 e. The summed E-state index contributed by atoms with van der Waals surface area (Å²) in [6.45, 7) is 0.790. The lowest BCUT2D eigenvalue weighted by atomic mass is 9.80. The van der Waals surface area contributed by atoms with Crippen LogP contribution < -0.4 is 0 Å². The van der Waals surface area contributed by atoms with E-state index in [0.29, 0.717) is 30.7 Å². The highest BCUT2D eigenvalue weighted by Crippen LogP contribution is 2.44. The molecule has 3 fully saturated rings. The lowest BCUT2D eigenvalue weighted by Gasteiger charge is -2.42. The summed E-state index contributed by atoms with van der Waals surface area (Å²) < 4.78 is 25.5. The smallest absolute Gasteiger partial charge is 0.248 e. The van der Waals surface area contributed by atoms with E-state index in [9.17, 15) is 13.6 Å². The molecule has 2 atom stereocenters. The highest BCUT2D eigenvalue weighted by Gasteiger charge is 2.48. The van der Waals surface area contributed by atoms with Gasteiger partial charge in [-0.1, -0.05) is 0 Å². The van der Waals surface area contributed by atoms with Crippen LogP contribution in [-0.2, 0) is 4.79 Å². The molecule has 4 heteroatoms. The van der Waals surface area contributed by atoms with E-state index in [0.717, 1.165) is 19.4 Å². The minimum absolute atomic E-state index is 0.0525. The van der Waals surface area contributed by atoms with Crippen LogP contribution in [-0.4, -0.2) is 35.2 Å². The highest BCUT2D eigenvalue weighted by molar-refractivity contribution is 5.80. The maximum absolute atomic E-state index is 12.7. The molecule has 0 spiro atoms. The van der Waals surface area contributed by atoms with Gasteiger partial charge in [0.1, 0.15) is 5.78 Å². The third-order valence-electron chi connectivity index (χ3n) is 4.34. The number of nitrogens with zero attached hydrogens (tertiary/aromatic N) is 1. The first-order valence-corrected chi connectivity index (χ1v) is 6.19. The van der Waals surface area contributed by atoms with Crippen LogP contribution in [0.5, 0.6) is 0 Å². The molecule has 90 valence electrons. The zero-order valence-corrected chi connectivity index (χ0v) is 9.29. The van der Waals surface area contributed by atoms with E-state index >= 15 is 0 Å². The number of rotatable bonds is 2. The first-order chi connectivity index (χ1) is 7.53. The largest absolute Gasteiger partial charge is 0.300 e. The zero-order chi connectivity index (χ0) is 11.3. The van der Waals surface area contributed by atoms with Crippen molar-refractivity contribution in [2.75, 3.05) is 6.54 Å². The van der Waals surface area contributed by atoms with Gasteiger partial charge in [-0.25, -0.2) is 8.78 Å². The Hall–Kier alpha value is -0.510. The molecule has 0 aromatic rings. The topological polar surface area (TPSA) is 20.3 Å². The average molecular weight is 229 g/mol. The molecule has 0 radical (unpaired) electrons. The number of carbonyl (C=O) groups excluding carboxylic acids is 1. The Kier molecular flexibility index (Phi) is 2.32. The minimum atomic E-state index is -2.41. The van der Waals surface area contributed by atoms with Gasteiger partial charge in [0, 0.05) is 44.3 Å². The van der Waals surface area contributed by atoms with Gasteiger partial charge >= 0.3 is 0 Å². The van der Waals surface area contributed by atoms with Gasteiger partial charge in [-0.05, 0) is 18.8 Å². The van der Waals surface area contributed by atoms with Crippen molar-refractivity contribution < 1.29 is 13.6 Å². The van der Waals surface area contributed by atoms with Crippen molar-refractivity contribution in [1.29, 1.82) is 0 Å².